The van der Waals surface area contributed by atoms with Crippen LogP contribution in [0.5, 0.6) is 0 Å². The zero-order chi connectivity index (χ0) is 13.1. The van der Waals surface area contributed by atoms with E-state index in [9.17, 15) is 18.0 Å². The van der Waals surface area contributed by atoms with E-state index in [4.69, 9.17) is 0 Å². The minimum atomic E-state index is -4.19. The first kappa shape index (κ1) is 14.0. The molecule has 6 heteroatoms. The first-order chi connectivity index (χ1) is 7.83. The van der Waals surface area contributed by atoms with Crippen molar-refractivity contribution in [3.8, 4) is 0 Å². The van der Waals surface area contributed by atoms with Crippen LogP contribution < -0.4 is 4.90 Å². The summed E-state index contributed by atoms with van der Waals surface area (Å²) in [6.45, 7) is -0.175. The molecule has 0 aliphatic carbocycles. The molecule has 0 amide bonds. The standard InChI is InChI=1S/C11H11BrF3NO/c1-16(5-4-11(13,14)15)10-3-2-9(12)6-8(10)7-17/h2-3,6-7H,4-5H2,1H3. The van der Waals surface area contributed by atoms with Gasteiger partial charge in [-0.3, -0.25) is 4.79 Å². The Kier molecular flexibility index (Phi) is 4.56. The molecule has 1 aromatic carbocycles. The number of hydrogen-bond acceptors (Lipinski definition) is 2. The highest BCUT2D eigenvalue weighted by molar-refractivity contribution is 9.10. The summed E-state index contributed by atoms with van der Waals surface area (Å²) < 4.78 is 36.9. The van der Waals surface area contributed by atoms with Gasteiger partial charge >= 0.3 is 6.18 Å². The predicted octanol–water partition coefficient (Wildman–Crippen LogP) is 3.65. The molecule has 94 valence electrons. The van der Waals surface area contributed by atoms with E-state index in [2.05, 4.69) is 15.9 Å². The van der Waals surface area contributed by atoms with Crippen molar-refractivity contribution in [3.05, 3.63) is 28.2 Å². The molecule has 0 aliphatic rings. The highest BCUT2D eigenvalue weighted by Crippen LogP contribution is 2.25. The maximum absolute atomic E-state index is 12.1. The van der Waals surface area contributed by atoms with E-state index in [1.54, 1.807) is 18.2 Å². The molecule has 0 radical (unpaired) electrons. The number of hydrogen-bond donors (Lipinski definition) is 0. The lowest BCUT2D eigenvalue weighted by molar-refractivity contribution is -0.132. The van der Waals surface area contributed by atoms with Crippen LogP contribution >= 0.6 is 15.9 Å². The molecular formula is C11H11BrF3NO. The molecule has 0 saturated heterocycles. The molecule has 0 aliphatic heterocycles. The third-order valence-electron chi connectivity index (χ3n) is 2.26. The minimum absolute atomic E-state index is 0.175. The Morgan fingerprint density at radius 2 is 2.06 bits per heavy atom. The lowest BCUT2D eigenvalue weighted by atomic mass is 10.2. The Labute approximate surface area is 106 Å². The van der Waals surface area contributed by atoms with Crippen LogP contribution in [0.4, 0.5) is 18.9 Å². The average molecular weight is 310 g/mol. The molecule has 0 unspecified atom stereocenters. The Bertz CT molecular complexity index is 406. The summed E-state index contributed by atoms with van der Waals surface area (Å²) in [6.07, 6.45) is -4.47. The number of rotatable bonds is 4. The van der Waals surface area contributed by atoms with E-state index >= 15 is 0 Å². The SMILES string of the molecule is CN(CCC(F)(F)F)c1ccc(Br)cc1C=O. The number of nitrogens with zero attached hydrogens (tertiary/aromatic N) is 1. The second kappa shape index (κ2) is 5.53. The molecule has 0 atom stereocenters. The van der Waals surface area contributed by atoms with E-state index in [0.29, 0.717) is 22.0 Å². The van der Waals surface area contributed by atoms with Crippen LogP contribution in [0.25, 0.3) is 0 Å². The molecule has 0 saturated carbocycles. The smallest absolute Gasteiger partial charge is 0.374 e. The highest BCUT2D eigenvalue weighted by Gasteiger charge is 2.27. The van der Waals surface area contributed by atoms with Crippen molar-refractivity contribution in [2.45, 2.75) is 12.6 Å². The summed E-state index contributed by atoms with van der Waals surface area (Å²) in [5, 5.41) is 0. The van der Waals surface area contributed by atoms with E-state index in [-0.39, 0.29) is 6.54 Å². The number of halogens is 4. The Morgan fingerprint density at radius 3 is 2.59 bits per heavy atom. The fourth-order valence-electron chi connectivity index (χ4n) is 1.38. The first-order valence-electron chi connectivity index (χ1n) is 4.86. The number of alkyl halides is 3. The normalized spacial score (nSPS) is 11.4. The largest absolute Gasteiger partial charge is 0.390 e. The summed E-state index contributed by atoms with van der Waals surface area (Å²) in [6, 6.07) is 4.88. The Balaban J connectivity index is 2.81. The van der Waals surface area contributed by atoms with Gasteiger partial charge in [0.1, 0.15) is 0 Å². The van der Waals surface area contributed by atoms with Gasteiger partial charge in [0.15, 0.2) is 6.29 Å². The van der Waals surface area contributed by atoms with Crippen molar-refractivity contribution in [1.82, 2.24) is 0 Å². The van der Waals surface area contributed by atoms with Gasteiger partial charge in [-0.25, -0.2) is 0 Å². The first-order valence-corrected chi connectivity index (χ1v) is 5.65. The molecule has 0 heterocycles. The quantitative estimate of drug-likeness (QED) is 0.791. The molecule has 0 N–H and O–H groups in total. The molecule has 1 aromatic rings. The summed E-state index contributed by atoms with van der Waals surface area (Å²) in [7, 11) is 1.53. The Morgan fingerprint density at radius 1 is 1.41 bits per heavy atom. The number of benzene rings is 1. The Hall–Kier alpha value is -1.04. The molecule has 1 rings (SSSR count). The summed E-state index contributed by atoms with van der Waals surface area (Å²) in [4.78, 5) is 12.2. The highest BCUT2D eigenvalue weighted by atomic mass is 79.9. The summed E-state index contributed by atoms with van der Waals surface area (Å²) >= 11 is 3.20. The summed E-state index contributed by atoms with van der Waals surface area (Å²) in [5.41, 5.74) is 0.858. The van der Waals surface area contributed by atoms with Gasteiger partial charge in [-0.1, -0.05) is 15.9 Å². The third kappa shape index (κ3) is 4.38. The predicted molar refractivity (Wildman–Crippen MR) is 63.5 cm³/mol. The number of aldehydes is 1. The minimum Gasteiger partial charge on any atom is -0.374 e. The lowest BCUT2D eigenvalue weighted by Crippen LogP contribution is -2.24. The molecule has 0 bridgehead atoms. The van der Waals surface area contributed by atoms with Crippen molar-refractivity contribution >= 4 is 27.9 Å². The van der Waals surface area contributed by atoms with E-state index in [1.165, 1.54) is 11.9 Å². The maximum atomic E-state index is 12.1. The van der Waals surface area contributed by atoms with Crippen LogP contribution in [-0.2, 0) is 0 Å². The zero-order valence-electron chi connectivity index (χ0n) is 9.09. The van der Waals surface area contributed by atoms with Gasteiger partial charge in [0.2, 0.25) is 0 Å². The summed E-state index contributed by atoms with van der Waals surface area (Å²) in [5.74, 6) is 0. The fraction of sp³-hybridized carbons (Fsp3) is 0.364. The third-order valence-corrected chi connectivity index (χ3v) is 2.75. The van der Waals surface area contributed by atoms with Gasteiger partial charge in [0.25, 0.3) is 0 Å². The van der Waals surface area contributed by atoms with E-state index in [1.807, 2.05) is 0 Å². The average Bonchev–Trinajstić information content (AvgIpc) is 2.24. The van der Waals surface area contributed by atoms with E-state index in [0.717, 1.165) is 0 Å². The van der Waals surface area contributed by atoms with Crippen LogP contribution in [0.1, 0.15) is 16.8 Å². The topological polar surface area (TPSA) is 20.3 Å². The molecule has 17 heavy (non-hydrogen) atoms. The number of anilines is 1. The van der Waals surface area contributed by atoms with Crippen molar-refractivity contribution in [2.24, 2.45) is 0 Å². The van der Waals surface area contributed by atoms with Gasteiger partial charge in [-0.2, -0.15) is 13.2 Å². The van der Waals surface area contributed by atoms with Crippen LogP contribution in [-0.4, -0.2) is 26.1 Å². The van der Waals surface area contributed by atoms with E-state index < -0.39 is 12.6 Å². The van der Waals surface area contributed by atoms with Crippen molar-refractivity contribution in [1.29, 1.82) is 0 Å². The second-order valence-corrected chi connectivity index (χ2v) is 4.52. The van der Waals surface area contributed by atoms with Crippen LogP contribution in [0.15, 0.2) is 22.7 Å². The monoisotopic (exact) mass is 309 g/mol. The van der Waals surface area contributed by atoms with Crippen molar-refractivity contribution in [2.75, 3.05) is 18.5 Å². The maximum Gasteiger partial charge on any atom is 0.390 e. The van der Waals surface area contributed by atoms with Gasteiger partial charge in [-0.15, -0.1) is 0 Å². The van der Waals surface area contributed by atoms with Crippen LogP contribution in [0, 0.1) is 0 Å². The van der Waals surface area contributed by atoms with Crippen LogP contribution in [0.3, 0.4) is 0 Å². The van der Waals surface area contributed by atoms with Gasteiger partial charge in [0, 0.05) is 29.3 Å². The van der Waals surface area contributed by atoms with Crippen molar-refractivity contribution < 1.29 is 18.0 Å². The second-order valence-electron chi connectivity index (χ2n) is 3.61. The fourth-order valence-corrected chi connectivity index (χ4v) is 1.76. The molecule has 0 aromatic heterocycles. The number of carbonyl (C=O) groups excluding carboxylic acids is 1. The van der Waals surface area contributed by atoms with Crippen molar-refractivity contribution in [3.63, 3.8) is 0 Å². The van der Waals surface area contributed by atoms with Gasteiger partial charge < -0.3 is 4.90 Å². The molecular weight excluding hydrogens is 299 g/mol. The van der Waals surface area contributed by atoms with Gasteiger partial charge in [-0.05, 0) is 18.2 Å². The van der Waals surface area contributed by atoms with Gasteiger partial charge in [0.05, 0.1) is 6.42 Å². The molecule has 2 nitrogen and oxygen atoms in total. The van der Waals surface area contributed by atoms with Crippen LogP contribution in [0.2, 0.25) is 0 Å². The zero-order valence-corrected chi connectivity index (χ0v) is 10.7. The molecule has 0 spiro atoms. The lowest BCUT2D eigenvalue weighted by Gasteiger charge is -2.21. The molecule has 0 fully saturated rings. The number of carbonyl (C=O) groups is 1.